The first-order valence-corrected chi connectivity index (χ1v) is 6.64. The molecule has 1 aliphatic rings. The van der Waals surface area contributed by atoms with Crippen LogP contribution in [0.2, 0.25) is 0 Å². The van der Waals surface area contributed by atoms with Gasteiger partial charge < -0.3 is 15.5 Å². The number of aryl methyl sites for hydroxylation is 2. The lowest BCUT2D eigenvalue weighted by Crippen LogP contribution is -2.32. The Morgan fingerprint density at radius 2 is 2.16 bits per heavy atom. The fourth-order valence-electron chi connectivity index (χ4n) is 2.77. The zero-order valence-electron chi connectivity index (χ0n) is 12.2. The van der Waals surface area contributed by atoms with Crippen LogP contribution in [0.4, 0.5) is 5.69 Å². The molecule has 0 amide bonds. The number of anilines is 1. The van der Waals surface area contributed by atoms with Gasteiger partial charge in [0.15, 0.2) is 0 Å². The summed E-state index contributed by atoms with van der Waals surface area (Å²) in [6.07, 6.45) is 1.14. The molecule has 1 atom stereocenters. The molecular weight excluding hydrogens is 238 g/mol. The second kappa shape index (κ2) is 5.17. The van der Waals surface area contributed by atoms with Gasteiger partial charge in [0.25, 0.3) is 0 Å². The van der Waals surface area contributed by atoms with E-state index in [1.54, 1.807) is 0 Å². The number of nitrogens with one attached hydrogen (secondary N) is 1. The van der Waals surface area contributed by atoms with Gasteiger partial charge in [0.05, 0.1) is 16.9 Å². The van der Waals surface area contributed by atoms with Gasteiger partial charge in [0, 0.05) is 24.8 Å². The molecule has 5 nitrogen and oxygen atoms in total. The van der Waals surface area contributed by atoms with E-state index < -0.39 is 0 Å². The van der Waals surface area contributed by atoms with Crippen LogP contribution in [-0.2, 0) is 0 Å². The quantitative estimate of drug-likeness (QED) is 0.632. The summed E-state index contributed by atoms with van der Waals surface area (Å²) in [7, 11) is 4.23. The summed E-state index contributed by atoms with van der Waals surface area (Å²) in [6, 6.07) is 2.61. The van der Waals surface area contributed by atoms with Gasteiger partial charge >= 0.3 is 0 Å². The molecule has 2 rings (SSSR count). The molecule has 1 saturated heterocycles. The monoisotopic (exact) mass is 261 g/mol. The Bertz CT molecular complexity index is 495. The summed E-state index contributed by atoms with van der Waals surface area (Å²) >= 11 is 0. The molecule has 1 aliphatic heterocycles. The molecule has 0 aromatic carbocycles. The van der Waals surface area contributed by atoms with Crippen LogP contribution in [0.25, 0.3) is 0 Å². The van der Waals surface area contributed by atoms with Gasteiger partial charge in [-0.2, -0.15) is 0 Å². The average molecular weight is 261 g/mol. The second-order valence-corrected chi connectivity index (χ2v) is 5.51. The number of nitrogens with two attached hydrogens (primary N) is 1. The highest BCUT2D eigenvalue weighted by Crippen LogP contribution is 2.28. The fraction of sp³-hybridized carbons (Fsp3) is 0.571. The van der Waals surface area contributed by atoms with Gasteiger partial charge in [0.2, 0.25) is 0 Å². The number of hydrogen-bond acceptors (Lipinski definition) is 4. The standard InChI is InChI=1S/C14H23N5/c1-9-7-12(13(14(15)16)10(2)17-9)19-6-5-11(8-19)18(3)4/h7,11H,5-6,8H2,1-4H3,(H3,15,16). The van der Waals surface area contributed by atoms with Crippen molar-refractivity contribution >= 4 is 11.5 Å². The van der Waals surface area contributed by atoms with E-state index in [2.05, 4.69) is 28.9 Å². The minimum atomic E-state index is 0.105. The normalized spacial score (nSPS) is 19.2. The van der Waals surface area contributed by atoms with E-state index in [1.165, 1.54) is 0 Å². The van der Waals surface area contributed by atoms with Crippen molar-refractivity contribution < 1.29 is 0 Å². The Balaban J connectivity index is 2.37. The summed E-state index contributed by atoms with van der Waals surface area (Å²) in [5.74, 6) is 0.105. The molecule has 5 heteroatoms. The van der Waals surface area contributed by atoms with Crippen LogP contribution in [0.5, 0.6) is 0 Å². The molecule has 1 unspecified atom stereocenters. The van der Waals surface area contributed by atoms with Crippen LogP contribution in [0.1, 0.15) is 23.4 Å². The van der Waals surface area contributed by atoms with Gasteiger partial charge in [-0.25, -0.2) is 0 Å². The lowest BCUT2D eigenvalue weighted by atomic mass is 10.1. The Hall–Kier alpha value is -1.62. The summed E-state index contributed by atoms with van der Waals surface area (Å²) < 4.78 is 0. The zero-order chi connectivity index (χ0) is 14.2. The van der Waals surface area contributed by atoms with E-state index in [1.807, 2.05) is 19.9 Å². The molecule has 1 aromatic heterocycles. The van der Waals surface area contributed by atoms with E-state index >= 15 is 0 Å². The molecule has 0 bridgehead atoms. The number of hydrogen-bond donors (Lipinski definition) is 2. The first-order valence-electron chi connectivity index (χ1n) is 6.64. The van der Waals surface area contributed by atoms with Gasteiger partial charge in [-0.1, -0.05) is 0 Å². The largest absolute Gasteiger partial charge is 0.384 e. The van der Waals surface area contributed by atoms with Crippen molar-refractivity contribution in [2.45, 2.75) is 26.3 Å². The van der Waals surface area contributed by atoms with Gasteiger partial charge in [-0.3, -0.25) is 10.4 Å². The van der Waals surface area contributed by atoms with E-state index in [-0.39, 0.29) is 5.84 Å². The minimum Gasteiger partial charge on any atom is -0.384 e. The SMILES string of the molecule is Cc1cc(N2CCC(N(C)C)C2)c(C(=N)N)c(C)n1. The van der Waals surface area contributed by atoms with Crippen LogP contribution in [0, 0.1) is 19.3 Å². The van der Waals surface area contributed by atoms with Crippen molar-refractivity contribution in [1.82, 2.24) is 9.88 Å². The summed E-state index contributed by atoms with van der Waals surface area (Å²) in [5, 5.41) is 7.79. The number of amidine groups is 1. The number of aromatic nitrogens is 1. The molecule has 104 valence electrons. The van der Waals surface area contributed by atoms with Crippen LogP contribution in [-0.4, -0.2) is 48.9 Å². The number of nitrogen functional groups attached to an aromatic ring is 1. The van der Waals surface area contributed by atoms with Gasteiger partial charge in [-0.05, 0) is 40.4 Å². The highest BCUT2D eigenvalue weighted by Gasteiger charge is 2.27. The number of pyridine rings is 1. The van der Waals surface area contributed by atoms with Gasteiger partial charge in [0.1, 0.15) is 5.84 Å². The van der Waals surface area contributed by atoms with Crippen LogP contribution in [0.15, 0.2) is 6.07 Å². The van der Waals surface area contributed by atoms with E-state index in [0.717, 1.165) is 42.1 Å². The fourth-order valence-corrected chi connectivity index (χ4v) is 2.77. The molecule has 1 aromatic rings. The predicted octanol–water partition coefficient (Wildman–Crippen LogP) is 1.12. The molecule has 0 spiro atoms. The Morgan fingerprint density at radius 1 is 1.47 bits per heavy atom. The molecule has 1 fully saturated rings. The van der Waals surface area contributed by atoms with Crippen molar-refractivity contribution in [3.8, 4) is 0 Å². The Labute approximate surface area is 114 Å². The zero-order valence-corrected chi connectivity index (χ0v) is 12.2. The molecule has 3 N–H and O–H groups in total. The van der Waals surface area contributed by atoms with Crippen molar-refractivity contribution in [2.24, 2.45) is 5.73 Å². The summed E-state index contributed by atoms with van der Waals surface area (Å²) in [4.78, 5) is 9.00. The molecular formula is C14H23N5. The maximum Gasteiger partial charge on any atom is 0.126 e. The first-order chi connectivity index (χ1) is 8.90. The maximum atomic E-state index is 7.79. The number of likely N-dealkylation sites (N-methyl/N-ethyl adjacent to an activating group) is 1. The average Bonchev–Trinajstić information content (AvgIpc) is 2.76. The topological polar surface area (TPSA) is 69.2 Å². The number of rotatable bonds is 3. The first kappa shape index (κ1) is 13.8. The minimum absolute atomic E-state index is 0.105. The molecule has 19 heavy (non-hydrogen) atoms. The molecule has 0 aliphatic carbocycles. The van der Waals surface area contributed by atoms with Crippen LogP contribution in [0.3, 0.4) is 0 Å². The second-order valence-electron chi connectivity index (χ2n) is 5.51. The highest BCUT2D eigenvalue weighted by molar-refractivity contribution is 6.01. The smallest absolute Gasteiger partial charge is 0.126 e. The van der Waals surface area contributed by atoms with E-state index in [0.29, 0.717) is 6.04 Å². The number of nitrogens with zero attached hydrogens (tertiary/aromatic N) is 3. The van der Waals surface area contributed by atoms with Gasteiger partial charge in [-0.15, -0.1) is 0 Å². The maximum absolute atomic E-state index is 7.79. The Morgan fingerprint density at radius 3 is 2.68 bits per heavy atom. The van der Waals surface area contributed by atoms with E-state index in [9.17, 15) is 0 Å². The Kier molecular flexibility index (Phi) is 3.75. The third-order valence-corrected chi connectivity index (χ3v) is 3.81. The highest BCUT2D eigenvalue weighted by atomic mass is 15.2. The van der Waals surface area contributed by atoms with Crippen LogP contribution >= 0.6 is 0 Å². The van der Waals surface area contributed by atoms with Crippen molar-refractivity contribution in [3.63, 3.8) is 0 Å². The molecule has 0 radical (unpaired) electrons. The summed E-state index contributed by atoms with van der Waals surface area (Å²) in [5.41, 5.74) is 9.39. The molecule has 2 heterocycles. The lowest BCUT2D eigenvalue weighted by molar-refractivity contribution is 0.315. The lowest BCUT2D eigenvalue weighted by Gasteiger charge is -2.24. The van der Waals surface area contributed by atoms with Crippen molar-refractivity contribution in [1.29, 1.82) is 5.41 Å². The summed E-state index contributed by atoms with van der Waals surface area (Å²) in [6.45, 7) is 5.90. The van der Waals surface area contributed by atoms with Crippen molar-refractivity contribution in [2.75, 3.05) is 32.1 Å². The van der Waals surface area contributed by atoms with E-state index in [4.69, 9.17) is 11.1 Å². The third-order valence-electron chi connectivity index (χ3n) is 3.81. The third kappa shape index (κ3) is 2.71. The molecule has 0 saturated carbocycles. The van der Waals surface area contributed by atoms with Crippen molar-refractivity contribution in [3.05, 3.63) is 23.0 Å². The predicted molar refractivity (Wildman–Crippen MR) is 79.0 cm³/mol. The van der Waals surface area contributed by atoms with Crippen LogP contribution < -0.4 is 10.6 Å².